The van der Waals surface area contributed by atoms with Gasteiger partial charge in [0.1, 0.15) is 12.4 Å². The van der Waals surface area contributed by atoms with Crippen molar-refractivity contribution in [3.8, 4) is 5.75 Å². The second-order valence-electron chi connectivity index (χ2n) is 4.47. The summed E-state index contributed by atoms with van der Waals surface area (Å²) >= 11 is 1.51. The van der Waals surface area contributed by atoms with Gasteiger partial charge < -0.3 is 15.8 Å². The first-order valence-electron chi connectivity index (χ1n) is 6.41. The molecule has 114 valence electrons. The molecule has 0 unspecified atom stereocenters. The maximum absolute atomic E-state index is 12.1. The van der Waals surface area contributed by atoms with Crippen LogP contribution >= 0.6 is 23.7 Å². The smallest absolute Gasteiger partial charge is 0.265 e. The number of amides is 1. The Kier molecular flexibility index (Phi) is 6.68. The van der Waals surface area contributed by atoms with Crippen LogP contribution in [0.5, 0.6) is 5.75 Å². The lowest BCUT2D eigenvalue weighted by atomic mass is 10.2. The number of benzene rings is 1. The summed E-state index contributed by atoms with van der Waals surface area (Å²) in [5.41, 5.74) is 7.26. The first-order valence-corrected chi connectivity index (χ1v) is 7.23. The van der Waals surface area contributed by atoms with Crippen molar-refractivity contribution in [2.45, 2.75) is 13.8 Å². The summed E-state index contributed by atoms with van der Waals surface area (Å²) in [7, 11) is 0. The Morgan fingerprint density at radius 1 is 1.29 bits per heavy atom. The maximum atomic E-state index is 12.1. The average molecular weight is 327 g/mol. The summed E-state index contributed by atoms with van der Waals surface area (Å²) in [5.74, 6) is 0.665. The lowest BCUT2D eigenvalue weighted by Gasteiger charge is -2.06. The van der Waals surface area contributed by atoms with Gasteiger partial charge in [-0.05, 0) is 49.7 Å². The quantitative estimate of drug-likeness (QED) is 0.885. The fourth-order valence-electron chi connectivity index (χ4n) is 1.69. The van der Waals surface area contributed by atoms with Gasteiger partial charge in [-0.3, -0.25) is 4.79 Å². The van der Waals surface area contributed by atoms with Gasteiger partial charge in [0.25, 0.3) is 5.91 Å². The van der Waals surface area contributed by atoms with Gasteiger partial charge in [0.15, 0.2) is 0 Å². The van der Waals surface area contributed by atoms with Crippen molar-refractivity contribution in [1.29, 1.82) is 0 Å². The van der Waals surface area contributed by atoms with Crippen molar-refractivity contribution in [2.24, 2.45) is 5.73 Å². The number of rotatable bonds is 5. The predicted molar refractivity (Wildman–Crippen MR) is 90.0 cm³/mol. The predicted octanol–water partition coefficient (Wildman–Crippen LogP) is 3.38. The highest BCUT2D eigenvalue weighted by Crippen LogP contribution is 2.22. The monoisotopic (exact) mass is 326 g/mol. The zero-order valence-corrected chi connectivity index (χ0v) is 13.6. The molecule has 1 aromatic heterocycles. The van der Waals surface area contributed by atoms with Gasteiger partial charge in [0, 0.05) is 17.1 Å². The number of carbonyl (C=O) groups is 1. The molecular weight excluding hydrogens is 308 g/mol. The lowest BCUT2D eigenvalue weighted by molar-refractivity contribution is 0.103. The van der Waals surface area contributed by atoms with Crippen LogP contribution in [0.25, 0.3) is 0 Å². The molecule has 2 aromatic rings. The van der Waals surface area contributed by atoms with Gasteiger partial charge >= 0.3 is 0 Å². The molecule has 0 atom stereocenters. The average Bonchev–Trinajstić information content (AvgIpc) is 2.78. The van der Waals surface area contributed by atoms with E-state index in [2.05, 4.69) is 5.32 Å². The number of aryl methyl sites for hydroxylation is 2. The van der Waals surface area contributed by atoms with Crippen molar-refractivity contribution in [2.75, 3.05) is 18.5 Å². The molecule has 21 heavy (non-hydrogen) atoms. The number of anilines is 1. The summed E-state index contributed by atoms with van der Waals surface area (Å²) in [4.78, 5) is 14.0. The molecule has 1 amide bonds. The SMILES string of the molecule is Cc1cc(C(=O)Nc2ccc(OCCN)cc2)sc1C.Cl. The van der Waals surface area contributed by atoms with Gasteiger partial charge in [0.2, 0.25) is 0 Å². The van der Waals surface area contributed by atoms with Crippen LogP contribution in [-0.2, 0) is 0 Å². The summed E-state index contributed by atoms with van der Waals surface area (Å²) in [6.07, 6.45) is 0. The number of hydrogen-bond acceptors (Lipinski definition) is 4. The van der Waals surface area contributed by atoms with E-state index in [-0.39, 0.29) is 18.3 Å². The fourth-order valence-corrected chi connectivity index (χ4v) is 2.62. The van der Waals surface area contributed by atoms with Crippen LogP contribution in [-0.4, -0.2) is 19.1 Å². The summed E-state index contributed by atoms with van der Waals surface area (Å²) in [6.45, 7) is 4.99. The molecule has 1 aromatic carbocycles. The molecule has 0 aliphatic heterocycles. The molecule has 2 rings (SSSR count). The molecule has 0 spiro atoms. The van der Waals surface area contributed by atoms with E-state index in [1.807, 2.05) is 44.2 Å². The molecule has 0 aliphatic rings. The van der Waals surface area contributed by atoms with Gasteiger partial charge in [-0.15, -0.1) is 23.7 Å². The number of carbonyl (C=O) groups excluding carboxylic acids is 1. The highest BCUT2D eigenvalue weighted by Gasteiger charge is 2.10. The second kappa shape index (κ2) is 8.02. The fraction of sp³-hybridized carbons (Fsp3) is 0.267. The van der Waals surface area contributed by atoms with Crippen molar-refractivity contribution < 1.29 is 9.53 Å². The standard InChI is InChI=1S/C15H18N2O2S.ClH/c1-10-9-14(20-11(10)2)15(18)17-12-3-5-13(6-4-12)19-8-7-16;/h3-6,9H,7-8,16H2,1-2H3,(H,17,18);1H. The van der Waals surface area contributed by atoms with Crippen LogP contribution in [0.1, 0.15) is 20.1 Å². The van der Waals surface area contributed by atoms with Crippen LogP contribution in [0.2, 0.25) is 0 Å². The first-order chi connectivity index (χ1) is 9.60. The number of halogens is 1. The molecule has 0 bridgehead atoms. The Morgan fingerprint density at radius 2 is 1.95 bits per heavy atom. The van der Waals surface area contributed by atoms with Crippen LogP contribution in [0, 0.1) is 13.8 Å². The van der Waals surface area contributed by atoms with Crippen LogP contribution < -0.4 is 15.8 Å². The Hall–Kier alpha value is -1.56. The largest absolute Gasteiger partial charge is 0.492 e. The Bertz CT molecular complexity index is 577. The van der Waals surface area contributed by atoms with E-state index in [1.165, 1.54) is 16.2 Å². The normalized spacial score (nSPS) is 9.86. The van der Waals surface area contributed by atoms with E-state index < -0.39 is 0 Å². The number of thiophene rings is 1. The third kappa shape index (κ3) is 4.74. The van der Waals surface area contributed by atoms with Crippen LogP contribution in [0.4, 0.5) is 5.69 Å². The van der Waals surface area contributed by atoms with E-state index in [0.717, 1.165) is 21.9 Å². The van der Waals surface area contributed by atoms with Crippen molar-refractivity contribution >= 4 is 35.3 Å². The van der Waals surface area contributed by atoms with Crippen LogP contribution in [0.15, 0.2) is 30.3 Å². The van der Waals surface area contributed by atoms with Gasteiger partial charge in [-0.1, -0.05) is 0 Å². The minimum Gasteiger partial charge on any atom is -0.492 e. The topological polar surface area (TPSA) is 64.3 Å². The summed E-state index contributed by atoms with van der Waals surface area (Å²) < 4.78 is 5.38. The minimum absolute atomic E-state index is 0. The Labute approximate surface area is 134 Å². The first kappa shape index (κ1) is 17.5. The molecule has 0 aliphatic carbocycles. The molecule has 0 saturated carbocycles. The second-order valence-corrected chi connectivity index (χ2v) is 5.72. The molecule has 0 fully saturated rings. The van der Waals surface area contributed by atoms with Crippen molar-refractivity contribution in [1.82, 2.24) is 0 Å². The van der Waals surface area contributed by atoms with Crippen molar-refractivity contribution in [3.05, 3.63) is 45.6 Å². The van der Waals surface area contributed by atoms with Gasteiger partial charge in [-0.2, -0.15) is 0 Å². The third-order valence-electron chi connectivity index (χ3n) is 2.89. The molecule has 3 N–H and O–H groups in total. The molecule has 1 heterocycles. The minimum atomic E-state index is -0.0816. The molecule has 0 radical (unpaired) electrons. The zero-order chi connectivity index (χ0) is 14.5. The molecule has 4 nitrogen and oxygen atoms in total. The lowest BCUT2D eigenvalue weighted by Crippen LogP contribution is -2.11. The number of nitrogens with two attached hydrogens (primary N) is 1. The highest BCUT2D eigenvalue weighted by molar-refractivity contribution is 7.14. The van der Waals surface area contributed by atoms with Gasteiger partial charge in [0.05, 0.1) is 4.88 Å². The molecule has 0 saturated heterocycles. The van der Waals surface area contributed by atoms with Crippen LogP contribution in [0.3, 0.4) is 0 Å². The number of ether oxygens (including phenoxy) is 1. The van der Waals surface area contributed by atoms with E-state index in [4.69, 9.17) is 10.5 Å². The Morgan fingerprint density at radius 3 is 2.48 bits per heavy atom. The van der Waals surface area contributed by atoms with E-state index >= 15 is 0 Å². The van der Waals surface area contributed by atoms with Gasteiger partial charge in [-0.25, -0.2) is 0 Å². The zero-order valence-electron chi connectivity index (χ0n) is 12.0. The number of nitrogens with one attached hydrogen (secondary N) is 1. The van der Waals surface area contributed by atoms with E-state index in [9.17, 15) is 4.79 Å². The number of hydrogen-bond donors (Lipinski definition) is 2. The molecular formula is C15H19ClN2O2S. The van der Waals surface area contributed by atoms with Crippen molar-refractivity contribution in [3.63, 3.8) is 0 Å². The van der Waals surface area contributed by atoms with E-state index in [0.29, 0.717) is 13.2 Å². The Balaban J connectivity index is 0.00000220. The summed E-state index contributed by atoms with van der Waals surface area (Å²) in [5, 5.41) is 2.87. The van der Waals surface area contributed by atoms with E-state index in [1.54, 1.807) is 0 Å². The third-order valence-corrected chi connectivity index (χ3v) is 4.04. The summed E-state index contributed by atoms with van der Waals surface area (Å²) in [6, 6.07) is 9.18. The highest BCUT2D eigenvalue weighted by atomic mass is 35.5. The molecule has 6 heteroatoms. The maximum Gasteiger partial charge on any atom is 0.265 e.